The molecule has 0 spiro atoms. The Balaban J connectivity index is 0.00000227. The van der Waals surface area contributed by atoms with Gasteiger partial charge >= 0.3 is 12.6 Å². The summed E-state index contributed by atoms with van der Waals surface area (Å²) >= 11 is 6.37. The Morgan fingerprint density at radius 3 is 2.23 bits per heavy atom. The Morgan fingerprint density at radius 2 is 1.68 bits per heavy atom. The summed E-state index contributed by atoms with van der Waals surface area (Å²) in [5, 5.41) is 22.6. The van der Waals surface area contributed by atoms with Crippen LogP contribution in [0.4, 0.5) is 8.78 Å². The Labute approximate surface area is 267 Å². The number of carboxylic acid groups (broad SMARTS) is 1. The highest BCUT2D eigenvalue weighted by atomic mass is 35.5. The molecule has 0 aliphatic rings. The van der Waals surface area contributed by atoms with E-state index in [9.17, 15) is 18.7 Å². The van der Waals surface area contributed by atoms with Crippen molar-refractivity contribution in [2.45, 2.75) is 80.1 Å². The fraction of sp³-hybridized carbons (Fsp3) is 0.417. The molecule has 2 aromatic carbocycles. The highest BCUT2D eigenvalue weighted by molar-refractivity contribution is 6.29. The van der Waals surface area contributed by atoms with Crippen LogP contribution in [0.5, 0.6) is 5.75 Å². The van der Waals surface area contributed by atoms with E-state index in [-0.39, 0.29) is 30.6 Å². The second-order valence-electron chi connectivity index (χ2n) is 10.7. The maximum absolute atomic E-state index is 12.7. The van der Waals surface area contributed by atoms with Crippen LogP contribution in [0, 0.1) is 11.8 Å². The highest BCUT2D eigenvalue weighted by Gasteiger charge is 2.12. The van der Waals surface area contributed by atoms with Gasteiger partial charge in [0, 0.05) is 17.5 Å². The minimum absolute atomic E-state index is 0.00668. The van der Waals surface area contributed by atoms with Crippen molar-refractivity contribution in [1.82, 2.24) is 5.32 Å². The number of nitrogens with one attached hydrogen (secondary N) is 1. The molecule has 44 heavy (non-hydrogen) atoms. The Bertz CT molecular complexity index is 1250. The molecule has 0 aliphatic heterocycles. The topological polar surface area (TPSA) is 78.8 Å². The predicted octanol–water partition coefficient (Wildman–Crippen LogP) is 9.78. The number of unbranched alkanes of at least 4 members (excludes halogenated alkanes) is 1. The SMILES string of the molecule is C/C=C\c1cc(OC(F)F)ccc1/C=C/C(Cc1ccc(C(O)NCCC(=O)O)cc1)/C(C)=C/C=C(/Cl)C(C)C.CCCC. The van der Waals surface area contributed by atoms with E-state index in [0.717, 1.165) is 27.3 Å². The van der Waals surface area contributed by atoms with Gasteiger partial charge in [0.25, 0.3) is 0 Å². The zero-order chi connectivity index (χ0) is 33.1. The maximum atomic E-state index is 12.7. The van der Waals surface area contributed by atoms with Crippen LogP contribution >= 0.6 is 11.6 Å². The molecular weight excluding hydrogens is 584 g/mol. The standard InChI is InChI=1S/C32H38ClF2NO4.C4H10/c1-5-6-27-20-28(40-32(34)35)15-14-24(27)12-13-26(22(4)7-16-29(33)21(2)3)19-23-8-10-25(11-9-23)31(39)36-18-17-30(37)38;1-3-4-2/h5-16,20-21,26,31-32,36,39H,17-19H2,1-4H3,(H,37,38);3-4H2,1-2H3/b6-5-,13-12+,22-7+,29-16+;. The zero-order valence-corrected chi connectivity index (χ0v) is 27.5. The summed E-state index contributed by atoms with van der Waals surface area (Å²) in [7, 11) is 0. The van der Waals surface area contributed by atoms with Crippen molar-refractivity contribution in [3.63, 3.8) is 0 Å². The number of aliphatic hydroxyl groups is 1. The molecule has 242 valence electrons. The number of carbonyl (C=O) groups is 1. The average molecular weight is 632 g/mol. The van der Waals surface area contributed by atoms with Gasteiger partial charge in [0.2, 0.25) is 0 Å². The van der Waals surface area contributed by atoms with Crippen molar-refractivity contribution in [1.29, 1.82) is 0 Å². The molecule has 3 N–H and O–H groups in total. The Morgan fingerprint density at radius 1 is 1.02 bits per heavy atom. The number of hydrogen-bond donors (Lipinski definition) is 3. The van der Waals surface area contributed by atoms with E-state index in [0.29, 0.717) is 12.0 Å². The summed E-state index contributed by atoms with van der Waals surface area (Å²) in [6.45, 7) is 9.57. The van der Waals surface area contributed by atoms with Crippen LogP contribution in [0.15, 0.2) is 77.4 Å². The summed E-state index contributed by atoms with van der Waals surface area (Å²) in [6, 6.07) is 12.4. The molecule has 0 bridgehead atoms. The first kappa shape index (κ1) is 38.8. The van der Waals surface area contributed by atoms with Gasteiger partial charge in [0.05, 0.1) is 6.42 Å². The van der Waals surface area contributed by atoms with E-state index in [4.69, 9.17) is 16.7 Å². The largest absolute Gasteiger partial charge is 0.481 e. The number of aliphatic hydroxyl groups excluding tert-OH is 1. The van der Waals surface area contributed by atoms with Crippen LogP contribution in [-0.2, 0) is 11.2 Å². The fourth-order valence-electron chi connectivity index (χ4n) is 3.86. The lowest BCUT2D eigenvalue weighted by molar-refractivity contribution is -0.137. The van der Waals surface area contributed by atoms with Crippen molar-refractivity contribution < 1.29 is 28.5 Å². The van der Waals surface area contributed by atoms with Gasteiger partial charge in [0.1, 0.15) is 12.0 Å². The van der Waals surface area contributed by atoms with Crippen molar-refractivity contribution in [2.75, 3.05) is 6.54 Å². The first-order chi connectivity index (χ1) is 20.9. The molecule has 2 rings (SSSR count). The molecule has 0 aromatic heterocycles. The van der Waals surface area contributed by atoms with Gasteiger partial charge in [-0.3, -0.25) is 10.1 Å². The molecule has 0 aliphatic carbocycles. The minimum atomic E-state index is -2.89. The first-order valence-electron chi connectivity index (χ1n) is 15.1. The maximum Gasteiger partial charge on any atom is 0.387 e. The van der Waals surface area contributed by atoms with Crippen LogP contribution in [0.25, 0.3) is 12.2 Å². The third-order valence-electron chi connectivity index (χ3n) is 6.71. The molecule has 0 saturated heterocycles. The lowest BCUT2D eigenvalue weighted by atomic mass is 9.90. The van der Waals surface area contributed by atoms with Gasteiger partial charge in [-0.25, -0.2) is 0 Å². The molecule has 8 heteroatoms. The lowest BCUT2D eigenvalue weighted by Gasteiger charge is -2.16. The van der Waals surface area contributed by atoms with Crippen LogP contribution in [0.1, 0.15) is 89.3 Å². The van der Waals surface area contributed by atoms with Crippen LogP contribution in [0.2, 0.25) is 0 Å². The molecule has 2 atom stereocenters. The van der Waals surface area contributed by atoms with Crippen LogP contribution in [-0.4, -0.2) is 29.3 Å². The normalized spacial score (nSPS) is 13.8. The smallest absolute Gasteiger partial charge is 0.387 e. The van der Waals surface area contributed by atoms with E-state index >= 15 is 0 Å². The molecular formula is C36H48ClF2NO4. The number of benzene rings is 2. The predicted molar refractivity (Wildman–Crippen MR) is 179 cm³/mol. The van der Waals surface area contributed by atoms with E-state index < -0.39 is 18.8 Å². The highest BCUT2D eigenvalue weighted by Crippen LogP contribution is 2.26. The fourth-order valence-corrected chi connectivity index (χ4v) is 3.92. The van der Waals surface area contributed by atoms with Crippen molar-refractivity contribution in [3.05, 3.63) is 99.6 Å². The molecule has 0 saturated carbocycles. The lowest BCUT2D eigenvalue weighted by Crippen LogP contribution is -2.23. The summed E-state index contributed by atoms with van der Waals surface area (Å²) in [5.74, 6) is -0.633. The van der Waals surface area contributed by atoms with E-state index in [1.54, 1.807) is 12.1 Å². The Hall–Kier alpha value is -3.26. The number of alkyl halides is 2. The molecule has 0 fully saturated rings. The number of hydrogen-bond acceptors (Lipinski definition) is 4. The molecule has 0 amide bonds. The number of allylic oxidation sites excluding steroid dienone is 6. The van der Waals surface area contributed by atoms with Gasteiger partial charge in [-0.2, -0.15) is 8.78 Å². The zero-order valence-electron chi connectivity index (χ0n) is 26.7. The number of aliphatic carboxylic acids is 1. The van der Waals surface area contributed by atoms with E-state index in [1.807, 2.05) is 82.3 Å². The summed E-state index contributed by atoms with van der Waals surface area (Å²) < 4.78 is 30.0. The number of halogens is 3. The second-order valence-corrected chi connectivity index (χ2v) is 11.1. The van der Waals surface area contributed by atoms with Gasteiger partial charge in [0.15, 0.2) is 0 Å². The summed E-state index contributed by atoms with van der Waals surface area (Å²) in [4.78, 5) is 10.7. The third-order valence-corrected chi connectivity index (χ3v) is 7.27. The van der Waals surface area contributed by atoms with Crippen LogP contribution in [0.3, 0.4) is 0 Å². The minimum Gasteiger partial charge on any atom is -0.481 e. The van der Waals surface area contributed by atoms with Gasteiger partial charge < -0.3 is 14.9 Å². The van der Waals surface area contributed by atoms with Gasteiger partial charge in [-0.15, -0.1) is 0 Å². The summed E-state index contributed by atoms with van der Waals surface area (Å²) in [5.41, 5.74) is 4.38. The van der Waals surface area contributed by atoms with Crippen molar-refractivity contribution in [3.8, 4) is 5.75 Å². The molecule has 0 radical (unpaired) electrons. The van der Waals surface area contributed by atoms with Gasteiger partial charge in [-0.1, -0.05) is 118 Å². The third kappa shape index (κ3) is 15.5. The Kier molecular flexibility index (Phi) is 18.9. The first-order valence-corrected chi connectivity index (χ1v) is 15.4. The number of rotatable bonds is 16. The number of carboxylic acids is 1. The molecule has 2 aromatic rings. The van der Waals surface area contributed by atoms with Crippen molar-refractivity contribution in [2.24, 2.45) is 11.8 Å². The summed E-state index contributed by atoms with van der Waals surface area (Å²) in [6.07, 6.45) is 13.9. The van der Waals surface area contributed by atoms with Gasteiger partial charge in [-0.05, 0) is 66.6 Å². The average Bonchev–Trinajstić information content (AvgIpc) is 2.98. The quantitative estimate of drug-likeness (QED) is 0.127. The van der Waals surface area contributed by atoms with E-state index in [2.05, 4.69) is 30.0 Å². The monoisotopic (exact) mass is 631 g/mol. The van der Waals surface area contributed by atoms with Crippen LogP contribution < -0.4 is 10.1 Å². The molecule has 2 unspecified atom stereocenters. The molecule has 0 heterocycles. The molecule has 5 nitrogen and oxygen atoms in total. The van der Waals surface area contributed by atoms with Crippen molar-refractivity contribution >= 4 is 29.7 Å². The van der Waals surface area contributed by atoms with E-state index in [1.165, 1.54) is 18.9 Å². The number of ether oxygens (including phenoxy) is 1. The second kappa shape index (κ2) is 21.4.